The molecule has 0 radical (unpaired) electrons. The number of rotatable bonds is 9. The highest BCUT2D eigenvalue weighted by atomic mass is 32.2. The van der Waals surface area contributed by atoms with Crippen LogP contribution in [0, 0.1) is 5.41 Å². The van der Waals surface area contributed by atoms with Gasteiger partial charge in [-0.1, -0.05) is 0 Å². The van der Waals surface area contributed by atoms with Gasteiger partial charge in [-0.15, -0.1) is 0 Å². The highest BCUT2D eigenvalue weighted by Gasteiger charge is 2.44. The van der Waals surface area contributed by atoms with Crippen molar-refractivity contribution in [1.82, 2.24) is 0 Å². The second kappa shape index (κ2) is 11.0. The summed E-state index contributed by atoms with van der Waals surface area (Å²) in [5.41, 5.74) is 3.86. The minimum atomic E-state index is -3.73. The fourth-order valence-electron chi connectivity index (χ4n) is 5.65. The maximum Gasteiger partial charge on any atom is 0.257 e. The molecule has 5 rings (SSSR count). The van der Waals surface area contributed by atoms with Crippen LogP contribution in [-0.2, 0) is 10.0 Å². The Balaban J connectivity index is 1.40. The molecule has 2 heterocycles. The number of hydrogen-bond acceptors (Lipinski definition) is 7. The molecular weight excluding hydrogens is 540 g/mol. The van der Waals surface area contributed by atoms with E-state index in [1.807, 2.05) is 11.0 Å². The van der Waals surface area contributed by atoms with E-state index in [2.05, 4.69) is 20.3 Å². The summed E-state index contributed by atoms with van der Waals surface area (Å²) in [7, 11) is -1.96. The van der Waals surface area contributed by atoms with Crippen LogP contribution >= 0.6 is 0 Å². The van der Waals surface area contributed by atoms with Crippen LogP contribution in [0.25, 0.3) is 0 Å². The van der Waals surface area contributed by atoms with Gasteiger partial charge in [-0.2, -0.15) is 0 Å². The molecule has 2 aromatic rings. The van der Waals surface area contributed by atoms with E-state index in [1.165, 1.54) is 12.8 Å². The van der Waals surface area contributed by atoms with Crippen LogP contribution in [0.2, 0.25) is 0 Å². The van der Waals surface area contributed by atoms with Crippen LogP contribution in [0.5, 0.6) is 0 Å². The molecule has 40 heavy (non-hydrogen) atoms. The van der Waals surface area contributed by atoms with Crippen molar-refractivity contribution in [3.63, 3.8) is 0 Å². The van der Waals surface area contributed by atoms with Crippen LogP contribution in [-0.4, -0.2) is 70.9 Å². The number of nitrogens with one attached hydrogen (secondary N) is 3. The number of carbonyl (C=O) groups excluding carboxylic acids is 1. The quantitative estimate of drug-likeness (QED) is 0.351. The molecule has 1 saturated carbocycles. The summed E-state index contributed by atoms with van der Waals surface area (Å²) < 4.78 is 54.6. The average molecular weight is 578 g/mol. The average Bonchev–Trinajstić information content (AvgIpc) is 3.67. The number of carbonyl (C=O) groups is 1. The summed E-state index contributed by atoms with van der Waals surface area (Å²) in [6.07, 6.45) is 4.07. The first-order valence-electron chi connectivity index (χ1n) is 13.8. The van der Waals surface area contributed by atoms with Crippen LogP contribution in [0.4, 0.5) is 37.2 Å². The number of amides is 1. The van der Waals surface area contributed by atoms with Gasteiger partial charge >= 0.3 is 0 Å². The van der Waals surface area contributed by atoms with Crippen molar-refractivity contribution in [1.29, 1.82) is 0 Å². The van der Waals surface area contributed by atoms with Crippen molar-refractivity contribution < 1.29 is 27.1 Å². The van der Waals surface area contributed by atoms with Gasteiger partial charge in [0, 0.05) is 51.8 Å². The Hall–Kier alpha value is -3.12. The minimum absolute atomic E-state index is 0.216. The molecule has 0 unspecified atom stereocenters. The third-order valence-electron chi connectivity index (χ3n) is 8.36. The van der Waals surface area contributed by atoms with E-state index in [0.29, 0.717) is 28.0 Å². The molecule has 0 aromatic heterocycles. The maximum atomic E-state index is 13.8. The molecule has 218 valence electrons. The lowest BCUT2D eigenvalue weighted by Gasteiger charge is -2.35. The van der Waals surface area contributed by atoms with Crippen molar-refractivity contribution in [2.24, 2.45) is 5.41 Å². The smallest absolute Gasteiger partial charge is 0.257 e. The number of anilines is 5. The predicted octanol–water partition coefficient (Wildman–Crippen LogP) is 4.33. The van der Waals surface area contributed by atoms with Gasteiger partial charge in [-0.25, -0.2) is 17.2 Å². The Labute approximate surface area is 234 Å². The van der Waals surface area contributed by atoms with E-state index in [1.54, 1.807) is 37.4 Å². The highest BCUT2D eigenvalue weighted by molar-refractivity contribution is 7.92. The van der Waals surface area contributed by atoms with Crippen molar-refractivity contribution >= 4 is 44.4 Å². The summed E-state index contributed by atoms with van der Waals surface area (Å²) in [5, 5.41) is 15.2. The lowest BCUT2D eigenvalue weighted by molar-refractivity contribution is -0.0220. The Morgan fingerprint density at radius 1 is 0.900 bits per heavy atom. The largest absolute Gasteiger partial charge is 0.395 e. The van der Waals surface area contributed by atoms with Gasteiger partial charge in [0.05, 0.1) is 40.7 Å². The number of aliphatic hydroxyl groups is 1. The molecule has 3 aliphatic rings. The zero-order chi connectivity index (χ0) is 28.5. The highest BCUT2D eigenvalue weighted by Crippen LogP contribution is 2.54. The molecule has 3 fully saturated rings. The van der Waals surface area contributed by atoms with Gasteiger partial charge in [-0.05, 0) is 67.5 Å². The van der Waals surface area contributed by atoms with E-state index in [4.69, 9.17) is 5.11 Å². The van der Waals surface area contributed by atoms with Gasteiger partial charge in [0.2, 0.25) is 10.0 Å². The van der Waals surface area contributed by atoms with Gasteiger partial charge in [-0.3, -0.25) is 9.52 Å². The molecular formula is C28H37F2N5O4S. The molecule has 2 aromatic carbocycles. The third kappa shape index (κ3) is 6.43. The van der Waals surface area contributed by atoms with Crippen LogP contribution in [0.3, 0.4) is 0 Å². The molecule has 1 spiro atoms. The second-order valence-corrected chi connectivity index (χ2v) is 13.0. The van der Waals surface area contributed by atoms with E-state index >= 15 is 0 Å². The Bertz CT molecular complexity index is 1350. The molecule has 12 heteroatoms. The minimum Gasteiger partial charge on any atom is -0.395 e. The molecule has 1 aliphatic carbocycles. The fourth-order valence-corrected chi connectivity index (χ4v) is 6.48. The molecule has 0 bridgehead atoms. The Kier molecular flexibility index (Phi) is 7.84. The summed E-state index contributed by atoms with van der Waals surface area (Å²) in [6.45, 7) is 1.48. The molecule has 1 amide bonds. The van der Waals surface area contributed by atoms with Crippen molar-refractivity contribution in [2.45, 2.75) is 44.4 Å². The lowest BCUT2D eigenvalue weighted by Crippen LogP contribution is -2.39. The number of benzene rings is 2. The Morgan fingerprint density at radius 3 is 2.12 bits per heavy atom. The first kappa shape index (κ1) is 28.4. The Morgan fingerprint density at radius 2 is 1.50 bits per heavy atom. The van der Waals surface area contributed by atoms with E-state index < -0.39 is 28.3 Å². The van der Waals surface area contributed by atoms with Crippen molar-refractivity contribution in [3.8, 4) is 0 Å². The number of piperidine rings is 2. The molecule has 4 N–H and O–H groups in total. The number of halogens is 2. The van der Waals surface area contributed by atoms with Crippen LogP contribution in [0.15, 0.2) is 36.4 Å². The molecule has 0 atom stereocenters. The standard InChI is InChI=1S/C28H37F2N5O4S/c1-31-23-5-3-20(18-25(23)35-14-10-28(29,30)11-15-35)32-26(37)22-4-2-21(33-40(38,39)17-16-36)19-24(22)34-12-8-27(6-7-27)9-13-34/h2-5,18-19,31,33,36H,6-17H2,1H3,(H,32,37). The van der Waals surface area contributed by atoms with Gasteiger partial charge in [0.15, 0.2) is 0 Å². The van der Waals surface area contributed by atoms with Gasteiger partial charge < -0.3 is 25.5 Å². The number of aliphatic hydroxyl groups excluding tert-OH is 1. The van der Waals surface area contributed by atoms with E-state index in [0.717, 1.165) is 37.3 Å². The number of hydrogen-bond donors (Lipinski definition) is 4. The normalized spacial score (nSPS) is 19.8. The van der Waals surface area contributed by atoms with E-state index in [9.17, 15) is 22.0 Å². The first-order valence-corrected chi connectivity index (χ1v) is 15.4. The fraction of sp³-hybridized carbons (Fsp3) is 0.536. The number of nitrogens with zero attached hydrogens (tertiary/aromatic N) is 2. The lowest BCUT2D eigenvalue weighted by atomic mass is 9.93. The maximum absolute atomic E-state index is 13.8. The topological polar surface area (TPSA) is 114 Å². The SMILES string of the molecule is CNc1ccc(NC(=O)c2ccc(NS(=O)(=O)CCO)cc2N2CCC3(CC2)CC3)cc1N1CCC(F)(F)CC1. The van der Waals surface area contributed by atoms with Gasteiger partial charge in [0.1, 0.15) is 0 Å². The van der Waals surface area contributed by atoms with Crippen LogP contribution < -0.4 is 25.2 Å². The summed E-state index contributed by atoms with van der Waals surface area (Å²) in [6, 6.07) is 10.2. The van der Waals surface area contributed by atoms with Gasteiger partial charge in [0.25, 0.3) is 11.8 Å². The second-order valence-electron chi connectivity index (χ2n) is 11.1. The number of alkyl halides is 2. The van der Waals surface area contributed by atoms with Crippen molar-refractivity contribution in [2.75, 3.05) is 70.7 Å². The van der Waals surface area contributed by atoms with Crippen LogP contribution in [0.1, 0.15) is 48.9 Å². The summed E-state index contributed by atoms with van der Waals surface area (Å²) in [4.78, 5) is 17.6. The zero-order valence-corrected chi connectivity index (χ0v) is 23.5. The molecule has 2 saturated heterocycles. The number of sulfonamides is 1. The van der Waals surface area contributed by atoms with Crippen molar-refractivity contribution in [3.05, 3.63) is 42.0 Å². The van der Waals surface area contributed by atoms with E-state index in [-0.39, 0.29) is 31.8 Å². The summed E-state index contributed by atoms with van der Waals surface area (Å²) in [5.74, 6) is -3.43. The monoisotopic (exact) mass is 577 g/mol. The first-order chi connectivity index (χ1) is 19.0. The molecule has 9 nitrogen and oxygen atoms in total. The third-order valence-corrected chi connectivity index (χ3v) is 9.62. The molecule has 2 aliphatic heterocycles. The summed E-state index contributed by atoms with van der Waals surface area (Å²) >= 11 is 0. The predicted molar refractivity (Wildman–Crippen MR) is 154 cm³/mol. The zero-order valence-electron chi connectivity index (χ0n) is 22.7.